The molecular formula is C15H16N2O3S. The zero-order valence-electron chi connectivity index (χ0n) is 11.6. The van der Waals surface area contributed by atoms with E-state index in [2.05, 4.69) is 5.32 Å². The third-order valence-corrected chi connectivity index (χ3v) is 3.78. The first kappa shape index (κ1) is 15.2. The molecule has 2 rings (SSSR count). The number of benzene rings is 1. The lowest BCUT2D eigenvalue weighted by Gasteiger charge is -2.16. The minimum Gasteiger partial charge on any atom is -0.392 e. The quantitative estimate of drug-likeness (QED) is 0.887. The molecule has 0 atom stereocenters. The smallest absolute Gasteiger partial charge is 0.264 e. The van der Waals surface area contributed by atoms with Gasteiger partial charge in [-0.1, -0.05) is 24.3 Å². The van der Waals surface area contributed by atoms with Gasteiger partial charge in [-0.25, -0.2) is 0 Å². The van der Waals surface area contributed by atoms with Crippen molar-refractivity contribution < 1.29 is 14.7 Å². The summed E-state index contributed by atoms with van der Waals surface area (Å²) >= 11 is 1.34. The lowest BCUT2D eigenvalue weighted by atomic mass is 10.2. The van der Waals surface area contributed by atoms with Crippen LogP contribution < -0.4 is 5.32 Å². The molecule has 1 heterocycles. The Morgan fingerprint density at radius 2 is 2.00 bits per heavy atom. The summed E-state index contributed by atoms with van der Waals surface area (Å²) in [5.74, 6) is -0.487. The van der Waals surface area contributed by atoms with Gasteiger partial charge in [0.05, 0.1) is 18.0 Å². The van der Waals surface area contributed by atoms with Crippen molar-refractivity contribution in [2.24, 2.45) is 0 Å². The standard InChI is InChI=1S/C15H16N2O3S/c1-17(15(20)13-7-4-8-21-13)9-14(19)16-12-6-3-2-5-11(12)10-18/h2-8,18H,9-10H2,1H3,(H,16,19). The number of para-hydroxylation sites is 1. The minimum atomic E-state index is -0.302. The van der Waals surface area contributed by atoms with E-state index in [9.17, 15) is 14.7 Å². The fraction of sp³-hybridized carbons (Fsp3) is 0.200. The zero-order chi connectivity index (χ0) is 15.2. The molecule has 0 spiro atoms. The predicted molar refractivity (Wildman–Crippen MR) is 82.3 cm³/mol. The van der Waals surface area contributed by atoms with E-state index in [0.717, 1.165) is 0 Å². The van der Waals surface area contributed by atoms with E-state index in [0.29, 0.717) is 16.1 Å². The number of amides is 2. The van der Waals surface area contributed by atoms with Gasteiger partial charge in [-0.2, -0.15) is 0 Å². The molecule has 2 N–H and O–H groups in total. The van der Waals surface area contributed by atoms with Crippen LogP contribution in [0.25, 0.3) is 0 Å². The van der Waals surface area contributed by atoms with Crippen molar-refractivity contribution in [1.29, 1.82) is 0 Å². The predicted octanol–water partition coefficient (Wildman–Crippen LogP) is 1.95. The van der Waals surface area contributed by atoms with Crippen LogP contribution in [0, 0.1) is 0 Å². The molecule has 1 aromatic carbocycles. The van der Waals surface area contributed by atoms with Crippen molar-refractivity contribution in [3.8, 4) is 0 Å². The first-order valence-electron chi connectivity index (χ1n) is 6.39. The minimum absolute atomic E-state index is 0.0451. The fourth-order valence-corrected chi connectivity index (χ4v) is 2.56. The second-order valence-corrected chi connectivity index (χ2v) is 5.45. The molecule has 0 bridgehead atoms. The summed E-state index contributed by atoms with van der Waals surface area (Å²) in [6.07, 6.45) is 0. The summed E-state index contributed by atoms with van der Waals surface area (Å²) in [4.78, 5) is 26.0. The number of likely N-dealkylation sites (N-methyl/N-ethyl adjacent to an activating group) is 1. The summed E-state index contributed by atoms with van der Waals surface area (Å²) in [6.45, 7) is -0.198. The number of hydrogen-bond donors (Lipinski definition) is 2. The van der Waals surface area contributed by atoms with Gasteiger partial charge in [-0.15, -0.1) is 11.3 Å². The van der Waals surface area contributed by atoms with Crippen LogP contribution in [0.4, 0.5) is 5.69 Å². The lowest BCUT2D eigenvalue weighted by molar-refractivity contribution is -0.116. The van der Waals surface area contributed by atoms with Crippen LogP contribution in [0.3, 0.4) is 0 Å². The highest BCUT2D eigenvalue weighted by Gasteiger charge is 2.16. The number of carbonyl (C=O) groups excluding carboxylic acids is 2. The highest BCUT2D eigenvalue weighted by Crippen LogP contribution is 2.15. The zero-order valence-corrected chi connectivity index (χ0v) is 12.4. The normalized spacial score (nSPS) is 10.2. The van der Waals surface area contributed by atoms with Crippen LogP contribution >= 0.6 is 11.3 Å². The van der Waals surface area contributed by atoms with Gasteiger partial charge in [0.1, 0.15) is 0 Å². The van der Waals surface area contributed by atoms with Crippen LogP contribution in [0.5, 0.6) is 0 Å². The van der Waals surface area contributed by atoms with Gasteiger partial charge in [0, 0.05) is 18.3 Å². The second kappa shape index (κ2) is 7.01. The summed E-state index contributed by atoms with van der Waals surface area (Å²) in [6, 6.07) is 10.5. The van der Waals surface area contributed by atoms with Crippen molar-refractivity contribution in [2.75, 3.05) is 18.9 Å². The molecule has 2 aromatic rings. The largest absolute Gasteiger partial charge is 0.392 e. The highest BCUT2D eigenvalue weighted by atomic mass is 32.1. The molecule has 2 amide bonds. The Labute approximate surface area is 126 Å². The molecule has 0 unspecified atom stereocenters. The molecule has 0 aliphatic rings. The number of aliphatic hydroxyl groups is 1. The molecule has 0 aliphatic carbocycles. The van der Waals surface area contributed by atoms with E-state index < -0.39 is 0 Å². The molecule has 0 saturated carbocycles. The summed E-state index contributed by atoms with van der Waals surface area (Å²) in [5.41, 5.74) is 1.19. The number of aliphatic hydroxyl groups excluding tert-OH is 1. The van der Waals surface area contributed by atoms with Gasteiger partial charge in [0.15, 0.2) is 0 Å². The lowest BCUT2D eigenvalue weighted by Crippen LogP contribution is -2.34. The van der Waals surface area contributed by atoms with Crippen LogP contribution in [0.15, 0.2) is 41.8 Å². The topological polar surface area (TPSA) is 69.6 Å². The molecule has 1 aromatic heterocycles. The third kappa shape index (κ3) is 3.90. The van der Waals surface area contributed by atoms with Crippen LogP contribution in [0.2, 0.25) is 0 Å². The average Bonchev–Trinajstić information content (AvgIpc) is 3.01. The van der Waals surface area contributed by atoms with E-state index in [-0.39, 0.29) is 25.0 Å². The van der Waals surface area contributed by atoms with E-state index in [1.807, 2.05) is 5.38 Å². The second-order valence-electron chi connectivity index (χ2n) is 4.50. The third-order valence-electron chi connectivity index (χ3n) is 2.92. The molecular weight excluding hydrogens is 288 g/mol. The molecule has 0 saturated heterocycles. The maximum Gasteiger partial charge on any atom is 0.264 e. The Bertz CT molecular complexity index is 626. The van der Waals surface area contributed by atoms with E-state index in [1.165, 1.54) is 16.2 Å². The molecule has 21 heavy (non-hydrogen) atoms. The molecule has 5 nitrogen and oxygen atoms in total. The Kier molecular flexibility index (Phi) is 5.08. The first-order valence-corrected chi connectivity index (χ1v) is 7.27. The van der Waals surface area contributed by atoms with Crippen molar-refractivity contribution in [1.82, 2.24) is 4.90 Å². The van der Waals surface area contributed by atoms with Crippen LogP contribution in [0.1, 0.15) is 15.2 Å². The Morgan fingerprint density at radius 3 is 2.67 bits per heavy atom. The summed E-state index contributed by atoms with van der Waals surface area (Å²) < 4.78 is 0. The number of anilines is 1. The van der Waals surface area contributed by atoms with E-state index in [1.54, 1.807) is 43.4 Å². The van der Waals surface area contributed by atoms with Gasteiger partial charge in [-0.05, 0) is 17.5 Å². The van der Waals surface area contributed by atoms with E-state index in [4.69, 9.17) is 0 Å². The first-order chi connectivity index (χ1) is 10.1. The van der Waals surface area contributed by atoms with Gasteiger partial charge < -0.3 is 15.3 Å². The number of nitrogens with zero attached hydrogens (tertiary/aromatic N) is 1. The Balaban J connectivity index is 1.97. The van der Waals surface area contributed by atoms with Crippen molar-refractivity contribution in [2.45, 2.75) is 6.61 Å². The maximum absolute atomic E-state index is 12.0. The van der Waals surface area contributed by atoms with Crippen molar-refractivity contribution in [3.63, 3.8) is 0 Å². The fourth-order valence-electron chi connectivity index (χ4n) is 1.85. The Morgan fingerprint density at radius 1 is 1.24 bits per heavy atom. The van der Waals surface area contributed by atoms with Crippen molar-refractivity contribution in [3.05, 3.63) is 52.2 Å². The number of hydrogen-bond acceptors (Lipinski definition) is 4. The molecule has 0 fully saturated rings. The number of thiophene rings is 1. The number of rotatable bonds is 5. The maximum atomic E-state index is 12.0. The monoisotopic (exact) mass is 304 g/mol. The summed E-state index contributed by atoms with van der Waals surface area (Å²) in [5, 5.41) is 13.7. The Hall–Kier alpha value is -2.18. The van der Waals surface area contributed by atoms with Crippen molar-refractivity contribution >= 4 is 28.8 Å². The number of carbonyl (C=O) groups is 2. The van der Waals surface area contributed by atoms with Gasteiger partial charge in [-0.3, -0.25) is 9.59 Å². The van der Waals surface area contributed by atoms with Gasteiger partial charge in [0.25, 0.3) is 5.91 Å². The van der Waals surface area contributed by atoms with Crippen LogP contribution in [-0.4, -0.2) is 35.4 Å². The molecule has 110 valence electrons. The summed E-state index contributed by atoms with van der Waals surface area (Å²) in [7, 11) is 1.58. The number of nitrogens with one attached hydrogen (secondary N) is 1. The SMILES string of the molecule is CN(CC(=O)Nc1ccccc1CO)C(=O)c1cccs1. The highest BCUT2D eigenvalue weighted by molar-refractivity contribution is 7.12. The molecule has 0 radical (unpaired) electrons. The van der Waals surface area contributed by atoms with Crippen LogP contribution in [-0.2, 0) is 11.4 Å². The average molecular weight is 304 g/mol. The van der Waals surface area contributed by atoms with Gasteiger partial charge in [0.2, 0.25) is 5.91 Å². The van der Waals surface area contributed by atoms with E-state index >= 15 is 0 Å². The van der Waals surface area contributed by atoms with Gasteiger partial charge >= 0.3 is 0 Å². The molecule has 6 heteroatoms. The molecule has 0 aliphatic heterocycles.